The average molecular weight is 411 g/mol. The van der Waals surface area contributed by atoms with Crippen molar-refractivity contribution in [2.45, 2.75) is 25.4 Å². The molecule has 0 spiro atoms. The van der Waals surface area contributed by atoms with E-state index in [2.05, 4.69) is 25.2 Å². The van der Waals surface area contributed by atoms with Crippen LogP contribution in [0.3, 0.4) is 0 Å². The van der Waals surface area contributed by atoms with E-state index in [1.165, 1.54) is 16.8 Å². The number of hydrogen-bond acceptors (Lipinski definition) is 7. The molecule has 0 radical (unpaired) electrons. The number of nitrogens with zero attached hydrogens (tertiary/aromatic N) is 6. The quantitative estimate of drug-likeness (QED) is 0.655. The number of morpholine rings is 1. The second-order valence-electron chi connectivity index (χ2n) is 6.73. The van der Waals surface area contributed by atoms with Crippen LogP contribution in [0.4, 0.5) is 23.4 Å². The first kappa shape index (κ1) is 19.5. The number of hydrogen-bond donors (Lipinski definition) is 1. The van der Waals surface area contributed by atoms with Crippen molar-refractivity contribution in [3.05, 3.63) is 41.5 Å². The molecule has 0 saturated carbocycles. The van der Waals surface area contributed by atoms with E-state index >= 15 is 0 Å². The molecule has 0 bridgehead atoms. The highest BCUT2D eigenvalue weighted by molar-refractivity contribution is 5.80. The van der Waals surface area contributed by atoms with E-state index in [1.54, 1.807) is 6.07 Å². The highest BCUT2D eigenvalue weighted by Crippen LogP contribution is 2.28. The minimum atomic E-state index is -4.74. The van der Waals surface area contributed by atoms with Crippen LogP contribution in [0.5, 0.6) is 0 Å². The van der Waals surface area contributed by atoms with Crippen LogP contribution in [0, 0.1) is 5.82 Å². The Morgan fingerprint density at radius 1 is 1.24 bits per heavy atom. The summed E-state index contributed by atoms with van der Waals surface area (Å²) in [5.41, 5.74) is 6.31. The largest absolute Gasteiger partial charge is 0.451 e. The number of benzene rings is 1. The summed E-state index contributed by atoms with van der Waals surface area (Å²) in [7, 11) is 0. The molecule has 3 heterocycles. The topological polar surface area (TPSA) is 95.0 Å². The molecular formula is C17H17F4N7O. The van der Waals surface area contributed by atoms with Crippen molar-refractivity contribution < 1.29 is 22.3 Å². The Labute approximate surface area is 162 Å². The summed E-state index contributed by atoms with van der Waals surface area (Å²) in [6.07, 6.45) is -5.09. The van der Waals surface area contributed by atoms with Gasteiger partial charge in [-0.1, -0.05) is 17.3 Å². The molecule has 1 aliphatic heterocycles. The Morgan fingerprint density at radius 2 is 2.07 bits per heavy atom. The molecule has 1 aliphatic rings. The van der Waals surface area contributed by atoms with Gasteiger partial charge in [-0.05, 0) is 17.7 Å². The molecular weight excluding hydrogens is 394 g/mol. The number of halogens is 4. The van der Waals surface area contributed by atoms with Crippen LogP contribution in [0.25, 0.3) is 11.2 Å². The molecule has 1 saturated heterocycles. The van der Waals surface area contributed by atoms with E-state index < -0.39 is 12.0 Å². The fourth-order valence-electron chi connectivity index (χ4n) is 3.25. The lowest BCUT2D eigenvalue weighted by Crippen LogP contribution is -2.43. The average Bonchev–Trinajstić information content (AvgIpc) is 3.05. The van der Waals surface area contributed by atoms with Gasteiger partial charge in [-0.3, -0.25) is 4.90 Å². The lowest BCUT2D eigenvalue weighted by Gasteiger charge is -2.32. The third-order valence-electron chi connectivity index (χ3n) is 4.54. The van der Waals surface area contributed by atoms with Crippen LogP contribution in [-0.4, -0.2) is 55.7 Å². The Hall–Kier alpha value is -2.86. The van der Waals surface area contributed by atoms with Gasteiger partial charge in [0, 0.05) is 19.6 Å². The van der Waals surface area contributed by atoms with E-state index in [1.807, 2.05) is 6.07 Å². The van der Waals surface area contributed by atoms with E-state index in [4.69, 9.17) is 10.5 Å². The maximum absolute atomic E-state index is 13.4. The zero-order valence-corrected chi connectivity index (χ0v) is 15.1. The molecule has 0 aliphatic carbocycles. The van der Waals surface area contributed by atoms with Crippen molar-refractivity contribution in [3.8, 4) is 0 Å². The summed E-state index contributed by atoms with van der Waals surface area (Å²) in [5.74, 6) is -2.03. The minimum absolute atomic E-state index is 0.00502. The summed E-state index contributed by atoms with van der Waals surface area (Å²) in [6, 6.07) is 6.32. The maximum Gasteiger partial charge on any atom is 0.451 e. The number of nitrogens with two attached hydrogens (primary N) is 1. The number of alkyl halides is 3. The number of nitrogen functional groups attached to an aromatic ring is 1. The van der Waals surface area contributed by atoms with Crippen molar-refractivity contribution >= 4 is 17.0 Å². The molecule has 1 aromatic carbocycles. The van der Waals surface area contributed by atoms with Gasteiger partial charge in [0.05, 0.1) is 19.3 Å². The van der Waals surface area contributed by atoms with Gasteiger partial charge >= 0.3 is 6.18 Å². The van der Waals surface area contributed by atoms with Crippen LogP contribution in [0.2, 0.25) is 0 Å². The standard InChI is InChI=1S/C17H17F4N7O/c18-11-3-1-2-10(6-11)7-27-4-5-29-12(8-27)9-28-15-13(25-26-28)14(22)23-16(24-15)17(19,20)21/h1-3,6,12H,4-5,7-9H2,(H2,22,23,24). The van der Waals surface area contributed by atoms with Gasteiger partial charge < -0.3 is 10.5 Å². The smallest absolute Gasteiger partial charge is 0.382 e. The van der Waals surface area contributed by atoms with Crippen molar-refractivity contribution in [2.75, 3.05) is 25.4 Å². The van der Waals surface area contributed by atoms with Crippen LogP contribution >= 0.6 is 0 Å². The summed E-state index contributed by atoms with van der Waals surface area (Å²) >= 11 is 0. The van der Waals surface area contributed by atoms with Crippen molar-refractivity contribution in [3.63, 3.8) is 0 Å². The Kier molecular flexibility index (Phi) is 5.04. The Morgan fingerprint density at radius 3 is 2.83 bits per heavy atom. The van der Waals surface area contributed by atoms with Crippen LogP contribution < -0.4 is 5.73 Å². The molecule has 8 nitrogen and oxygen atoms in total. The molecule has 4 rings (SSSR count). The summed E-state index contributed by atoms with van der Waals surface area (Å²) in [6.45, 7) is 2.24. The fraction of sp³-hybridized carbons (Fsp3) is 0.412. The Balaban J connectivity index is 1.51. The summed E-state index contributed by atoms with van der Waals surface area (Å²) < 4.78 is 59.3. The third-order valence-corrected chi connectivity index (χ3v) is 4.54. The van der Waals surface area contributed by atoms with Gasteiger partial charge in [-0.25, -0.2) is 19.0 Å². The minimum Gasteiger partial charge on any atom is -0.382 e. The predicted molar refractivity (Wildman–Crippen MR) is 93.9 cm³/mol. The lowest BCUT2D eigenvalue weighted by atomic mass is 10.2. The van der Waals surface area contributed by atoms with Crippen molar-refractivity contribution in [1.29, 1.82) is 0 Å². The second kappa shape index (κ2) is 7.52. The molecule has 2 aromatic heterocycles. The molecule has 1 atom stereocenters. The van der Waals surface area contributed by atoms with E-state index in [-0.39, 0.29) is 35.4 Å². The number of anilines is 1. The van der Waals surface area contributed by atoms with E-state index in [9.17, 15) is 17.6 Å². The monoisotopic (exact) mass is 411 g/mol. The third kappa shape index (κ3) is 4.27. The molecule has 3 aromatic rings. The highest BCUT2D eigenvalue weighted by Gasteiger charge is 2.36. The maximum atomic E-state index is 13.4. The second-order valence-corrected chi connectivity index (χ2v) is 6.73. The first-order valence-electron chi connectivity index (χ1n) is 8.82. The lowest BCUT2D eigenvalue weighted by molar-refractivity contribution is -0.144. The SMILES string of the molecule is Nc1nc(C(F)(F)F)nc2c1nnn2CC1CN(Cc2cccc(F)c2)CCO1. The van der Waals surface area contributed by atoms with Crippen LogP contribution in [0.1, 0.15) is 11.4 Å². The highest BCUT2D eigenvalue weighted by atomic mass is 19.4. The first-order valence-corrected chi connectivity index (χ1v) is 8.82. The normalized spacial score (nSPS) is 18.4. The van der Waals surface area contributed by atoms with Gasteiger partial charge in [0.15, 0.2) is 17.0 Å². The van der Waals surface area contributed by atoms with Crippen LogP contribution in [0.15, 0.2) is 24.3 Å². The fourth-order valence-corrected chi connectivity index (χ4v) is 3.25. The Bertz CT molecular complexity index is 1020. The molecule has 29 heavy (non-hydrogen) atoms. The van der Waals surface area contributed by atoms with Gasteiger partial charge in [0.1, 0.15) is 5.82 Å². The van der Waals surface area contributed by atoms with Gasteiger partial charge in [0.2, 0.25) is 5.82 Å². The number of rotatable bonds is 4. The molecule has 12 heteroatoms. The number of fused-ring (bicyclic) bond motifs is 1. The van der Waals surface area contributed by atoms with Gasteiger partial charge in [-0.15, -0.1) is 5.10 Å². The predicted octanol–water partition coefficient (Wildman–Crippen LogP) is 1.86. The number of ether oxygens (including phenoxy) is 1. The molecule has 154 valence electrons. The summed E-state index contributed by atoms with van der Waals surface area (Å²) in [5, 5.41) is 7.65. The summed E-state index contributed by atoms with van der Waals surface area (Å²) in [4.78, 5) is 8.87. The first-order chi connectivity index (χ1) is 13.8. The van der Waals surface area contributed by atoms with E-state index in [0.717, 1.165) is 5.56 Å². The molecule has 1 unspecified atom stereocenters. The van der Waals surface area contributed by atoms with Crippen LogP contribution in [-0.2, 0) is 24.0 Å². The van der Waals surface area contributed by atoms with Gasteiger partial charge in [0.25, 0.3) is 0 Å². The molecule has 0 amide bonds. The zero-order chi connectivity index (χ0) is 20.6. The molecule has 1 fully saturated rings. The zero-order valence-electron chi connectivity index (χ0n) is 15.1. The van der Waals surface area contributed by atoms with Gasteiger partial charge in [-0.2, -0.15) is 13.2 Å². The van der Waals surface area contributed by atoms with E-state index in [0.29, 0.717) is 26.2 Å². The number of aromatic nitrogens is 5. The van der Waals surface area contributed by atoms with Crippen molar-refractivity contribution in [2.24, 2.45) is 0 Å². The van der Waals surface area contributed by atoms with Crippen molar-refractivity contribution in [1.82, 2.24) is 29.9 Å². The molecule has 2 N–H and O–H groups in total.